The van der Waals surface area contributed by atoms with Crippen LogP contribution in [0.2, 0.25) is 0 Å². The Labute approximate surface area is 106 Å². The summed E-state index contributed by atoms with van der Waals surface area (Å²) in [6.07, 6.45) is 0. The SMILES string of the molecule is CC(=O)N1C[C@H]2CNC[C@H]2[C@@H]1c1cccc(F)c1. The molecule has 1 aromatic rings. The highest BCUT2D eigenvalue weighted by molar-refractivity contribution is 5.74. The third kappa shape index (κ3) is 1.81. The van der Waals surface area contributed by atoms with Crippen molar-refractivity contribution < 1.29 is 9.18 Å². The van der Waals surface area contributed by atoms with Gasteiger partial charge in [0.15, 0.2) is 0 Å². The monoisotopic (exact) mass is 248 g/mol. The highest BCUT2D eigenvalue weighted by Gasteiger charge is 2.45. The number of carbonyl (C=O) groups excluding carboxylic acids is 1. The zero-order valence-corrected chi connectivity index (χ0v) is 10.4. The quantitative estimate of drug-likeness (QED) is 0.818. The van der Waals surface area contributed by atoms with Gasteiger partial charge in [-0.1, -0.05) is 12.1 Å². The third-order valence-corrected chi connectivity index (χ3v) is 4.16. The number of benzene rings is 1. The lowest BCUT2D eigenvalue weighted by Crippen LogP contribution is -2.32. The van der Waals surface area contributed by atoms with Crippen LogP contribution in [-0.2, 0) is 4.79 Å². The van der Waals surface area contributed by atoms with Gasteiger partial charge < -0.3 is 10.2 Å². The van der Waals surface area contributed by atoms with Crippen molar-refractivity contribution in [3.8, 4) is 0 Å². The van der Waals surface area contributed by atoms with Crippen LogP contribution in [0.25, 0.3) is 0 Å². The molecule has 0 bridgehead atoms. The van der Waals surface area contributed by atoms with Gasteiger partial charge >= 0.3 is 0 Å². The number of hydrogen-bond donors (Lipinski definition) is 1. The lowest BCUT2D eigenvalue weighted by molar-refractivity contribution is -0.130. The highest BCUT2D eigenvalue weighted by atomic mass is 19.1. The Morgan fingerprint density at radius 2 is 2.28 bits per heavy atom. The molecule has 4 heteroatoms. The van der Waals surface area contributed by atoms with Crippen LogP contribution in [0.3, 0.4) is 0 Å². The molecule has 96 valence electrons. The van der Waals surface area contributed by atoms with E-state index in [2.05, 4.69) is 5.32 Å². The van der Waals surface area contributed by atoms with Crippen LogP contribution in [0.4, 0.5) is 4.39 Å². The first-order valence-electron chi connectivity index (χ1n) is 6.40. The second-order valence-electron chi connectivity index (χ2n) is 5.25. The molecule has 2 fully saturated rings. The van der Waals surface area contributed by atoms with E-state index < -0.39 is 0 Å². The molecule has 1 amide bonds. The van der Waals surface area contributed by atoms with E-state index in [1.54, 1.807) is 19.1 Å². The van der Waals surface area contributed by atoms with Gasteiger partial charge in [-0.25, -0.2) is 4.39 Å². The summed E-state index contributed by atoms with van der Waals surface area (Å²) in [6.45, 7) is 4.25. The van der Waals surface area contributed by atoms with Gasteiger partial charge in [0, 0.05) is 32.5 Å². The summed E-state index contributed by atoms with van der Waals surface area (Å²) < 4.78 is 13.4. The maximum absolute atomic E-state index is 13.4. The molecule has 2 heterocycles. The number of rotatable bonds is 1. The van der Waals surface area contributed by atoms with Crippen molar-refractivity contribution in [2.75, 3.05) is 19.6 Å². The predicted molar refractivity (Wildman–Crippen MR) is 66.4 cm³/mol. The number of amides is 1. The van der Waals surface area contributed by atoms with Crippen LogP contribution < -0.4 is 5.32 Å². The molecule has 1 aromatic carbocycles. The molecule has 3 nitrogen and oxygen atoms in total. The van der Waals surface area contributed by atoms with E-state index in [1.165, 1.54) is 6.07 Å². The summed E-state index contributed by atoms with van der Waals surface area (Å²) >= 11 is 0. The molecule has 3 atom stereocenters. The number of carbonyl (C=O) groups is 1. The largest absolute Gasteiger partial charge is 0.335 e. The Morgan fingerprint density at radius 3 is 3.00 bits per heavy atom. The first-order valence-corrected chi connectivity index (χ1v) is 6.40. The fourth-order valence-electron chi connectivity index (χ4n) is 3.36. The number of likely N-dealkylation sites (tertiary alicyclic amines) is 1. The molecule has 2 saturated heterocycles. The molecular weight excluding hydrogens is 231 g/mol. The van der Waals surface area contributed by atoms with E-state index in [4.69, 9.17) is 0 Å². The summed E-state index contributed by atoms with van der Waals surface area (Å²) in [5.74, 6) is 0.766. The molecule has 2 aliphatic heterocycles. The highest BCUT2D eigenvalue weighted by Crippen LogP contribution is 2.42. The number of fused-ring (bicyclic) bond motifs is 1. The van der Waals surface area contributed by atoms with Gasteiger partial charge in [-0.15, -0.1) is 0 Å². The van der Waals surface area contributed by atoms with Crippen molar-refractivity contribution in [1.29, 1.82) is 0 Å². The van der Waals surface area contributed by atoms with Gasteiger partial charge in [-0.2, -0.15) is 0 Å². The number of nitrogens with zero attached hydrogens (tertiary/aromatic N) is 1. The topological polar surface area (TPSA) is 32.3 Å². The maximum Gasteiger partial charge on any atom is 0.219 e. The van der Waals surface area contributed by atoms with Crippen LogP contribution in [0.5, 0.6) is 0 Å². The van der Waals surface area contributed by atoms with Gasteiger partial charge in [0.2, 0.25) is 5.91 Å². The van der Waals surface area contributed by atoms with Gasteiger partial charge in [-0.05, 0) is 23.6 Å². The molecule has 3 rings (SSSR count). The van der Waals surface area contributed by atoms with Crippen molar-refractivity contribution >= 4 is 5.91 Å². The predicted octanol–water partition coefficient (Wildman–Crippen LogP) is 1.56. The molecule has 1 N–H and O–H groups in total. The average Bonchev–Trinajstić information content (AvgIpc) is 2.87. The van der Waals surface area contributed by atoms with Gasteiger partial charge in [0.25, 0.3) is 0 Å². The molecular formula is C14H17FN2O. The minimum Gasteiger partial charge on any atom is -0.335 e. The number of halogens is 1. The Hall–Kier alpha value is -1.42. The lowest BCUT2D eigenvalue weighted by Gasteiger charge is -2.27. The standard InChI is InChI=1S/C14H17FN2O/c1-9(18)17-8-11-6-16-7-13(11)14(17)10-3-2-4-12(15)5-10/h2-5,11,13-14,16H,6-8H2,1H3/t11-,13-,14+/m1/s1. The van der Waals surface area contributed by atoms with Crippen molar-refractivity contribution in [3.63, 3.8) is 0 Å². The molecule has 2 aliphatic rings. The van der Waals surface area contributed by atoms with E-state index in [-0.39, 0.29) is 17.8 Å². The fraction of sp³-hybridized carbons (Fsp3) is 0.500. The zero-order chi connectivity index (χ0) is 12.7. The molecule has 0 aromatic heterocycles. The minimum absolute atomic E-state index is 0.0261. The van der Waals surface area contributed by atoms with Crippen LogP contribution in [-0.4, -0.2) is 30.4 Å². The second-order valence-corrected chi connectivity index (χ2v) is 5.25. The average molecular weight is 248 g/mol. The van der Waals surface area contributed by atoms with Crippen LogP contribution in [0, 0.1) is 17.7 Å². The van der Waals surface area contributed by atoms with E-state index in [9.17, 15) is 9.18 Å². The van der Waals surface area contributed by atoms with Crippen LogP contribution in [0.15, 0.2) is 24.3 Å². The Balaban J connectivity index is 1.98. The Morgan fingerprint density at radius 1 is 1.44 bits per heavy atom. The summed E-state index contributed by atoms with van der Waals surface area (Å²) in [5.41, 5.74) is 0.918. The van der Waals surface area contributed by atoms with Crippen molar-refractivity contribution in [2.45, 2.75) is 13.0 Å². The van der Waals surface area contributed by atoms with E-state index in [0.717, 1.165) is 25.2 Å². The van der Waals surface area contributed by atoms with Crippen molar-refractivity contribution in [1.82, 2.24) is 10.2 Å². The van der Waals surface area contributed by atoms with Crippen molar-refractivity contribution in [3.05, 3.63) is 35.6 Å². The molecule has 0 unspecified atom stereocenters. The second kappa shape index (κ2) is 4.35. The number of nitrogens with one attached hydrogen (secondary N) is 1. The van der Waals surface area contributed by atoms with Gasteiger partial charge in [0.05, 0.1) is 6.04 Å². The summed E-state index contributed by atoms with van der Waals surface area (Å²) in [4.78, 5) is 13.7. The lowest BCUT2D eigenvalue weighted by atomic mass is 9.89. The molecule has 0 radical (unpaired) electrons. The van der Waals surface area contributed by atoms with Crippen molar-refractivity contribution in [2.24, 2.45) is 11.8 Å². The fourth-order valence-corrected chi connectivity index (χ4v) is 3.36. The smallest absolute Gasteiger partial charge is 0.219 e. The first-order chi connectivity index (χ1) is 8.66. The Bertz CT molecular complexity index is 477. The summed E-state index contributed by atoms with van der Waals surface area (Å²) in [7, 11) is 0. The normalized spacial score (nSPS) is 30.6. The zero-order valence-electron chi connectivity index (χ0n) is 10.4. The van der Waals surface area contributed by atoms with Gasteiger partial charge in [0.1, 0.15) is 5.82 Å². The molecule has 0 spiro atoms. The van der Waals surface area contributed by atoms with Gasteiger partial charge in [-0.3, -0.25) is 4.79 Å². The van der Waals surface area contributed by atoms with E-state index >= 15 is 0 Å². The Kier molecular flexibility index (Phi) is 2.82. The molecule has 18 heavy (non-hydrogen) atoms. The van der Waals surface area contributed by atoms with E-state index in [1.807, 2.05) is 11.0 Å². The molecule has 0 saturated carbocycles. The minimum atomic E-state index is -0.231. The molecule has 0 aliphatic carbocycles. The first kappa shape index (κ1) is 11.7. The van der Waals surface area contributed by atoms with Crippen LogP contribution in [0.1, 0.15) is 18.5 Å². The van der Waals surface area contributed by atoms with Crippen LogP contribution >= 0.6 is 0 Å². The van der Waals surface area contributed by atoms with E-state index in [0.29, 0.717) is 11.8 Å². The maximum atomic E-state index is 13.4. The summed E-state index contributed by atoms with van der Waals surface area (Å²) in [6, 6.07) is 6.67. The number of hydrogen-bond acceptors (Lipinski definition) is 2. The summed E-state index contributed by atoms with van der Waals surface area (Å²) in [5, 5.41) is 3.37. The third-order valence-electron chi connectivity index (χ3n) is 4.16.